The molecular formula is C15H20ClNO2S. The average Bonchev–Trinajstić information content (AvgIpc) is 2.95. The van der Waals surface area contributed by atoms with Gasteiger partial charge in [-0.1, -0.05) is 23.7 Å². The number of thioether (sulfide) groups is 1. The number of benzene rings is 1. The maximum atomic E-state index is 11.8. The molecule has 110 valence electrons. The molecule has 5 heteroatoms. The van der Waals surface area contributed by atoms with Crippen LogP contribution in [0, 0.1) is 0 Å². The number of ether oxygens (including phenoxy) is 1. The highest BCUT2D eigenvalue weighted by Crippen LogP contribution is 2.17. The molecule has 0 aromatic heterocycles. The van der Waals surface area contributed by atoms with Crippen molar-refractivity contribution in [3.8, 4) is 0 Å². The molecule has 1 aromatic rings. The molecule has 2 atom stereocenters. The lowest BCUT2D eigenvalue weighted by atomic mass is 10.1. The Morgan fingerprint density at radius 2 is 2.25 bits per heavy atom. The topological polar surface area (TPSA) is 38.3 Å². The zero-order valence-corrected chi connectivity index (χ0v) is 13.2. The van der Waals surface area contributed by atoms with Crippen molar-refractivity contribution in [1.29, 1.82) is 0 Å². The van der Waals surface area contributed by atoms with E-state index >= 15 is 0 Å². The maximum Gasteiger partial charge on any atom is 0.230 e. The molecule has 1 fully saturated rings. The van der Waals surface area contributed by atoms with E-state index < -0.39 is 0 Å². The molecule has 1 saturated heterocycles. The van der Waals surface area contributed by atoms with E-state index in [2.05, 4.69) is 5.32 Å². The molecule has 1 aromatic carbocycles. The minimum atomic E-state index is 0.0759. The summed E-state index contributed by atoms with van der Waals surface area (Å²) in [6, 6.07) is 7.82. The number of hydrogen-bond donors (Lipinski definition) is 1. The van der Waals surface area contributed by atoms with Gasteiger partial charge in [-0.3, -0.25) is 4.79 Å². The second kappa shape index (κ2) is 7.91. The van der Waals surface area contributed by atoms with Crippen molar-refractivity contribution in [2.45, 2.75) is 37.7 Å². The molecule has 0 aliphatic carbocycles. The van der Waals surface area contributed by atoms with Gasteiger partial charge in [-0.2, -0.15) is 0 Å². The number of hydrogen-bond acceptors (Lipinski definition) is 3. The van der Waals surface area contributed by atoms with Gasteiger partial charge in [-0.15, -0.1) is 11.8 Å². The van der Waals surface area contributed by atoms with Crippen LogP contribution >= 0.6 is 23.4 Å². The van der Waals surface area contributed by atoms with E-state index in [9.17, 15) is 4.79 Å². The van der Waals surface area contributed by atoms with Crippen molar-refractivity contribution in [2.24, 2.45) is 0 Å². The van der Waals surface area contributed by atoms with Gasteiger partial charge in [0, 0.05) is 17.4 Å². The Morgan fingerprint density at radius 1 is 1.50 bits per heavy atom. The summed E-state index contributed by atoms with van der Waals surface area (Å²) in [7, 11) is 0. The molecule has 2 unspecified atom stereocenters. The van der Waals surface area contributed by atoms with Gasteiger partial charge in [0.1, 0.15) is 0 Å². The predicted octanol–water partition coefficient (Wildman–Crippen LogP) is 3.26. The second-order valence-electron chi connectivity index (χ2n) is 5.03. The molecule has 0 saturated carbocycles. The highest BCUT2D eigenvalue weighted by atomic mass is 35.5. The fourth-order valence-electron chi connectivity index (χ4n) is 2.23. The van der Waals surface area contributed by atoms with E-state index in [0.717, 1.165) is 30.2 Å². The van der Waals surface area contributed by atoms with Crippen molar-refractivity contribution in [2.75, 3.05) is 12.4 Å². The number of halogens is 1. The van der Waals surface area contributed by atoms with Gasteiger partial charge in [0.2, 0.25) is 5.91 Å². The van der Waals surface area contributed by atoms with Crippen LogP contribution in [-0.2, 0) is 15.3 Å². The first kappa shape index (κ1) is 15.7. The molecule has 1 N–H and O–H groups in total. The van der Waals surface area contributed by atoms with Gasteiger partial charge in [0.15, 0.2) is 0 Å². The Morgan fingerprint density at radius 3 is 2.90 bits per heavy atom. The number of nitrogens with one attached hydrogen (secondary N) is 1. The van der Waals surface area contributed by atoms with Crippen LogP contribution in [0.25, 0.3) is 0 Å². The van der Waals surface area contributed by atoms with Gasteiger partial charge in [-0.05, 0) is 37.5 Å². The standard InChI is InChI=1S/C15H20ClNO2S/c1-11(14-3-2-8-19-14)17-15(18)10-20-9-12-4-6-13(16)7-5-12/h4-7,11,14H,2-3,8-10H2,1H3,(H,17,18). The summed E-state index contributed by atoms with van der Waals surface area (Å²) in [6.45, 7) is 2.83. The van der Waals surface area contributed by atoms with Gasteiger partial charge < -0.3 is 10.1 Å². The van der Waals surface area contributed by atoms with Gasteiger partial charge in [0.25, 0.3) is 0 Å². The summed E-state index contributed by atoms with van der Waals surface area (Å²) in [5, 5.41) is 3.75. The van der Waals surface area contributed by atoms with Crippen LogP contribution in [0.1, 0.15) is 25.3 Å². The van der Waals surface area contributed by atoms with Gasteiger partial charge in [-0.25, -0.2) is 0 Å². The lowest BCUT2D eigenvalue weighted by molar-refractivity contribution is -0.120. The molecule has 20 heavy (non-hydrogen) atoms. The Balaban J connectivity index is 1.65. The van der Waals surface area contributed by atoms with E-state index in [1.54, 1.807) is 11.8 Å². The molecule has 0 radical (unpaired) electrons. The summed E-state index contributed by atoms with van der Waals surface area (Å²) >= 11 is 7.44. The highest BCUT2D eigenvalue weighted by Gasteiger charge is 2.23. The van der Waals surface area contributed by atoms with Crippen LogP contribution in [0.4, 0.5) is 0 Å². The summed E-state index contributed by atoms with van der Waals surface area (Å²) in [5.74, 6) is 1.37. The smallest absolute Gasteiger partial charge is 0.230 e. The Kier molecular flexibility index (Phi) is 6.20. The molecule has 0 bridgehead atoms. The Labute approximate surface area is 129 Å². The predicted molar refractivity (Wildman–Crippen MR) is 84.2 cm³/mol. The Bertz CT molecular complexity index is 432. The molecule has 1 aliphatic heterocycles. The van der Waals surface area contributed by atoms with Crippen molar-refractivity contribution < 1.29 is 9.53 Å². The normalized spacial score (nSPS) is 19.8. The first-order valence-corrected chi connectivity index (χ1v) is 8.41. The summed E-state index contributed by atoms with van der Waals surface area (Å²) in [5.41, 5.74) is 1.18. The number of amides is 1. The largest absolute Gasteiger partial charge is 0.376 e. The van der Waals surface area contributed by atoms with E-state index in [4.69, 9.17) is 16.3 Å². The number of carbonyl (C=O) groups excluding carboxylic acids is 1. The van der Waals surface area contributed by atoms with Gasteiger partial charge in [0.05, 0.1) is 17.9 Å². The minimum Gasteiger partial charge on any atom is -0.376 e. The monoisotopic (exact) mass is 313 g/mol. The molecule has 1 aliphatic rings. The molecule has 1 heterocycles. The Hall–Kier alpha value is -0.710. The van der Waals surface area contributed by atoms with Crippen molar-refractivity contribution in [3.63, 3.8) is 0 Å². The highest BCUT2D eigenvalue weighted by molar-refractivity contribution is 7.99. The summed E-state index contributed by atoms with van der Waals surface area (Å²) in [6.07, 6.45) is 2.32. The third-order valence-corrected chi connectivity index (χ3v) is 4.58. The first-order chi connectivity index (χ1) is 9.65. The van der Waals surface area contributed by atoms with E-state index in [1.165, 1.54) is 5.56 Å². The fraction of sp³-hybridized carbons (Fsp3) is 0.533. The third kappa shape index (κ3) is 5.00. The van der Waals surface area contributed by atoms with Crippen LogP contribution in [0.2, 0.25) is 5.02 Å². The zero-order chi connectivity index (χ0) is 14.4. The van der Waals surface area contributed by atoms with Crippen molar-refractivity contribution in [3.05, 3.63) is 34.9 Å². The maximum absolute atomic E-state index is 11.8. The molecular weight excluding hydrogens is 294 g/mol. The summed E-state index contributed by atoms with van der Waals surface area (Å²) < 4.78 is 5.57. The second-order valence-corrected chi connectivity index (χ2v) is 6.45. The van der Waals surface area contributed by atoms with Crippen LogP contribution in [0.15, 0.2) is 24.3 Å². The summed E-state index contributed by atoms with van der Waals surface area (Å²) in [4.78, 5) is 11.8. The lowest BCUT2D eigenvalue weighted by Gasteiger charge is -2.19. The molecule has 1 amide bonds. The van der Waals surface area contributed by atoms with Crippen molar-refractivity contribution in [1.82, 2.24) is 5.32 Å². The van der Waals surface area contributed by atoms with Crippen LogP contribution in [0.5, 0.6) is 0 Å². The SMILES string of the molecule is CC(NC(=O)CSCc1ccc(Cl)cc1)C1CCCO1. The van der Waals surface area contributed by atoms with Crippen molar-refractivity contribution >= 4 is 29.3 Å². The van der Waals surface area contributed by atoms with Crippen LogP contribution in [-0.4, -0.2) is 30.4 Å². The minimum absolute atomic E-state index is 0.0759. The fourth-order valence-corrected chi connectivity index (χ4v) is 3.15. The zero-order valence-electron chi connectivity index (χ0n) is 11.6. The van der Waals surface area contributed by atoms with Gasteiger partial charge >= 0.3 is 0 Å². The van der Waals surface area contributed by atoms with Crippen LogP contribution in [0.3, 0.4) is 0 Å². The quantitative estimate of drug-likeness (QED) is 0.876. The molecule has 2 rings (SSSR count). The first-order valence-electron chi connectivity index (χ1n) is 6.88. The molecule has 3 nitrogen and oxygen atoms in total. The average molecular weight is 314 g/mol. The van der Waals surface area contributed by atoms with E-state index in [1.807, 2.05) is 31.2 Å². The molecule has 0 spiro atoms. The number of rotatable bonds is 6. The van der Waals surface area contributed by atoms with E-state index in [-0.39, 0.29) is 18.1 Å². The number of carbonyl (C=O) groups is 1. The lowest BCUT2D eigenvalue weighted by Crippen LogP contribution is -2.41. The van der Waals surface area contributed by atoms with E-state index in [0.29, 0.717) is 5.75 Å². The third-order valence-electron chi connectivity index (χ3n) is 3.33. The van der Waals surface area contributed by atoms with Crippen LogP contribution < -0.4 is 5.32 Å².